The minimum absolute atomic E-state index is 0.0803. The van der Waals surface area contributed by atoms with E-state index in [4.69, 9.17) is 4.74 Å². The first-order chi connectivity index (χ1) is 10.1. The lowest BCUT2D eigenvalue weighted by atomic mass is 9.93. The molecule has 0 saturated carbocycles. The van der Waals surface area contributed by atoms with Crippen LogP contribution in [0.4, 0.5) is 4.39 Å². The van der Waals surface area contributed by atoms with E-state index in [1.807, 2.05) is 12.1 Å². The Morgan fingerprint density at radius 3 is 2.57 bits per heavy atom. The molecule has 0 heterocycles. The maximum atomic E-state index is 13.8. The third-order valence-electron chi connectivity index (χ3n) is 3.66. The van der Waals surface area contributed by atoms with Crippen molar-refractivity contribution in [3.63, 3.8) is 0 Å². The third-order valence-corrected chi connectivity index (χ3v) is 3.66. The monoisotopic (exact) mass is 295 g/mol. The van der Waals surface area contributed by atoms with E-state index in [2.05, 4.69) is 19.2 Å². The molecule has 1 N–H and O–H groups in total. The quantitative estimate of drug-likeness (QED) is 0.622. The van der Waals surface area contributed by atoms with Crippen LogP contribution in [0.15, 0.2) is 24.3 Å². The van der Waals surface area contributed by atoms with Crippen LogP contribution in [0, 0.1) is 17.7 Å². The fourth-order valence-electron chi connectivity index (χ4n) is 2.51. The molecule has 0 radical (unpaired) electrons. The van der Waals surface area contributed by atoms with E-state index in [0.717, 1.165) is 50.9 Å². The average Bonchev–Trinajstić information content (AvgIpc) is 2.45. The molecular weight excluding hydrogens is 265 g/mol. The lowest BCUT2D eigenvalue weighted by molar-refractivity contribution is 0.190. The van der Waals surface area contributed by atoms with Crippen LogP contribution >= 0.6 is 0 Å². The summed E-state index contributed by atoms with van der Waals surface area (Å²) in [6.07, 6.45) is 4.14. The fourth-order valence-corrected chi connectivity index (χ4v) is 2.51. The molecule has 21 heavy (non-hydrogen) atoms. The summed E-state index contributed by atoms with van der Waals surface area (Å²) in [6.45, 7) is 7.20. The van der Waals surface area contributed by atoms with Crippen LogP contribution in [0.1, 0.15) is 38.7 Å². The summed E-state index contributed by atoms with van der Waals surface area (Å²) in [6, 6.07) is 7.13. The molecule has 0 aliphatic carbocycles. The van der Waals surface area contributed by atoms with E-state index >= 15 is 0 Å². The number of hydrogen-bond donors (Lipinski definition) is 1. The number of unbranched alkanes of at least 4 members (excludes halogenated alkanes) is 1. The van der Waals surface area contributed by atoms with Gasteiger partial charge < -0.3 is 10.1 Å². The molecule has 2 nitrogen and oxygen atoms in total. The first-order valence-corrected chi connectivity index (χ1v) is 8.06. The number of ether oxygens (including phenoxy) is 1. The average molecular weight is 295 g/mol. The largest absolute Gasteiger partial charge is 0.385 e. The minimum atomic E-state index is -0.0803. The van der Waals surface area contributed by atoms with Gasteiger partial charge in [-0.2, -0.15) is 0 Å². The lowest BCUT2D eigenvalue weighted by Crippen LogP contribution is -2.27. The SMILES string of the molecule is COCCCCC(CNCC(C)C)Cc1ccccc1F. The van der Waals surface area contributed by atoms with Crippen LogP contribution in [0.25, 0.3) is 0 Å². The highest BCUT2D eigenvalue weighted by molar-refractivity contribution is 5.17. The molecule has 0 aliphatic rings. The van der Waals surface area contributed by atoms with Gasteiger partial charge in [-0.1, -0.05) is 38.5 Å². The summed E-state index contributed by atoms with van der Waals surface area (Å²) < 4.78 is 18.9. The van der Waals surface area contributed by atoms with Crippen LogP contribution < -0.4 is 5.32 Å². The maximum absolute atomic E-state index is 13.8. The van der Waals surface area contributed by atoms with Crippen molar-refractivity contribution >= 4 is 0 Å². The van der Waals surface area contributed by atoms with Crippen LogP contribution in [0.2, 0.25) is 0 Å². The van der Waals surface area contributed by atoms with Gasteiger partial charge in [-0.05, 0) is 55.8 Å². The summed E-state index contributed by atoms with van der Waals surface area (Å²) in [7, 11) is 1.74. The Kier molecular flexibility index (Phi) is 9.27. The van der Waals surface area contributed by atoms with Gasteiger partial charge in [0.15, 0.2) is 0 Å². The molecule has 3 heteroatoms. The van der Waals surface area contributed by atoms with Gasteiger partial charge in [0.25, 0.3) is 0 Å². The Balaban J connectivity index is 2.47. The molecule has 1 aromatic carbocycles. The fraction of sp³-hybridized carbons (Fsp3) is 0.667. The summed E-state index contributed by atoms with van der Waals surface area (Å²) in [5, 5.41) is 3.51. The van der Waals surface area contributed by atoms with Crippen LogP contribution in [0.3, 0.4) is 0 Å². The van der Waals surface area contributed by atoms with Gasteiger partial charge in [-0.3, -0.25) is 0 Å². The highest BCUT2D eigenvalue weighted by Gasteiger charge is 2.12. The molecule has 0 spiro atoms. The van der Waals surface area contributed by atoms with Crippen molar-refractivity contribution in [2.75, 3.05) is 26.8 Å². The number of methoxy groups -OCH3 is 1. The Labute approximate surface area is 129 Å². The van der Waals surface area contributed by atoms with Crippen LogP contribution in [-0.2, 0) is 11.2 Å². The summed E-state index contributed by atoms with van der Waals surface area (Å²) >= 11 is 0. The van der Waals surface area contributed by atoms with Gasteiger partial charge in [-0.15, -0.1) is 0 Å². The smallest absolute Gasteiger partial charge is 0.126 e. The molecule has 0 fully saturated rings. The number of halogens is 1. The van der Waals surface area contributed by atoms with Gasteiger partial charge in [0.2, 0.25) is 0 Å². The van der Waals surface area contributed by atoms with Gasteiger partial charge in [-0.25, -0.2) is 4.39 Å². The Morgan fingerprint density at radius 2 is 1.90 bits per heavy atom. The van der Waals surface area contributed by atoms with Crippen molar-refractivity contribution < 1.29 is 9.13 Å². The number of rotatable bonds is 11. The van der Waals surface area contributed by atoms with Gasteiger partial charge in [0.1, 0.15) is 5.82 Å². The normalized spacial score (nSPS) is 12.8. The zero-order valence-corrected chi connectivity index (χ0v) is 13.7. The number of hydrogen-bond acceptors (Lipinski definition) is 2. The minimum Gasteiger partial charge on any atom is -0.385 e. The van der Waals surface area contributed by atoms with E-state index in [1.165, 1.54) is 0 Å². The highest BCUT2D eigenvalue weighted by atomic mass is 19.1. The van der Waals surface area contributed by atoms with E-state index in [9.17, 15) is 4.39 Å². The first-order valence-electron chi connectivity index (χ1n) is 8.06. The predicted molar refractivity (Wildman–Crippen MR) is 87.0 cm³/mol. The molecule has 120 valence electrons. The number of nitrogens with one attached hydrogen (secondary N) is 1. The molecule has 0 saturated heterocycles. The molecule has 0 bridgehead atoms. The molecule has 1 rings (SSSR count). The Morgan fingerprint density at radius 1 is 1.14 bits per heavy atom. The van der Waals surface area contributed by atoms with Crippen molar-refractivity contribution in [2.24, 2.45) is 11.8 Å². The van der Waals surface area contributed by atoms with E-state index in [1.54, 1.807) is 19.2 Å². The Bertz CT molecular complexity index is 381. The van der Waals surface area contributed by atoms with Crippen LogP contribution in [-0.4, -0.2) is 26.8 Å². The van der Waals surface area contributed by atoms with E-state index in [0.29, 0.717) is 11.8 Å². The summed E-state index contributed by atoms with van der Waals surface area (Å²) in [5.74, 6) is 1.05. The molecule has 1 atom stereocenters. The second kappa shape index (κ2) is 10.7. The molecule has 1 unspecified atom stereocenters. The third kappa shape index (κ3) is 8.18. The Hall–Kier alpha value is -0.930. The summed E-state index contributed by atoms with van der Waals surface area (Å²) in [4.78, 5) is 0. The maximum Gasteiger partial charge on any atom is 0.126 e. The van der Waals surface area contributed by atoms with Crippen molar-refractivity contribution in [2.45, 2.75) is 39.5 Å². The second-order valence-corrected chi connectivity index (χ2v) is 6.20. The zero-order chi connectivity index (χ0) is 15.5. The van der Waals surface area contributed by atoms with Crippen molar-refractivity contribution in [3.8, 4) is 0 Å². The predicted octanol–water partition coefficient (Wildman–Crippen LogP) is 4.05. The summed E-state index contributed by atoms with van der Waals surface area (Å²) in [5.41, 5.74) is 0.834. The van der Waals surface area contributed by atoms with Gasteiger partial charge in [0, 0.05) is 13.7 Å². The second-order valence-electron chi connectivity index (χ2n) is 6.20. The van der Waals surface area contributed by atoms with E-state index < -0.39 is 0 Å². The van der Waals surface area contributed by atoms with Crippen molar-refractivity contribution in [1.82, 2.24) is 5.32 Å². The highest BCUT2D eigenvalue weighted by Crippen LogP contribution is 2.17. The zero-order valence-electron chi connectivity index (χ0n) is 13.7. The van der Waals surface area contributed by atoms with Crippen molar-refractivity contribution in [3.05, 3.63) is 35.6 Å². The van der Waals surface area contributed by atoms with Gasteiger partial charge in [0.05, 0.1) is 0 Å². The van der Waals surface area contributed by atoms with Gasteiger partial charge >= 0.3 is 0 Å². The molecule has 0 aromatic heterocycles. The standard InChI is InChI=1S/C18H30FNO/c1-15(2)13-20-14-16(8-6-7-11-21-3)12-17-9-4-5-10-18(17)19/h4-5,9-10,15-16,20H,6-8,11-14H2,1-3H3. The van der Waals surface area contributed by atoms with Crippen molar-refractivity contribution in [1.29, 1.82) is 0 Å². The van der Waals surface area contributed by atoms with Crippen LogP contribution in [0.5, 0.6) is 0 Å². The first kappa shape index (κ1) is 18.1. The molecule has 0 aliphatic heterocycles. The lowest BCUT2D eigenvalue weighted by Gasteiger charge is -2.19. The molecule has 0 amide bonds. The topological polar surface area (TPSA) is 21.3 Å². The number of benzene rings is 1. The van der Waals surface area contributed by atoms with E-state index in [-0.39, 0.29) is 5.82 Å². The molecular formula is C18H30FNO. The molecule has 1 aromatic rings.